The molecule has 0 bridgehead atoms. The van der Waals surface area contributed by atoms with E-state index in [1.165, 1.54) is 68.0 Å². The largest absolute Gasteiger partial charge is 0.461 e. The molecule has 154 valence electrons. The second-order valence-corrected chi connectivity index (χ2v) is 9.46. The third kappa shape index (κ3) is 16.0. The first-order valence-corrected chi connectivity index (χ1v) is 12.8. The fourth-order valence-electron chi connectivity index (χ4n) is 2.75. The molecule has 1 rings (SSSR count). The third-order valence-electron chi connectivity index (χ3n) is 4.31. The van der Waals surface area contributed by atoms with E-state index in [0.717, 1.165) is 18.4 Å². The molecule has 0 aliphatic heterocycles. The van der Waals surface area contributed by atoms with Crippen LogP contribution in [0.3, 0.4) is 0 Å². The smallest absolute Gasteiger partial charge is 0.306 e. The summed E-state index contributed by atoms with van der Waals surface area (Å²) < 4.78 is 5.27. The Hall–Kier alpha value is -0.680. The summed E-state index contributed by atoms with van der Waals surface area (Å²) in [6.07, 6.45) is 16.7. The second kappa shape index (κ2) is 18.7. The van der Waals surface area contributed by atoms with Crippen molar-refractivity contribution in [3.05, 3.63) is 30.1 Å². The highest BCUT2D eigenvalue weighted by molar-refractivity contribution is 8.15. The normalized spacial score (nSPS) is 10.9. The van der Waals surface area contributed by atoms with E-state index < -0.39 is 0 Å². The lowest BCUT2D eigenvalue weighted by Gasteiger charge is -2.05. The zero-order valence-electron chi connectivity index (χ0n) is 17.0. The van der Waals surface area contributed by atoms with Gasteiger partial charge in [-0.15, -0.1) is 0 Å². The number of ether oxygens (including phenoxy) is 1. The van der Waals surface area contributed by atoms with Crippen LogP contribution >= 0.6 is 23.5 Å². The molecular formula is C22H37NO2S2. The van der Waals surface area contributed by atoms with Gasteiger partial charge in [-0.1, -0.05) is 57.9 Å². The average Bonchev–Trinajstić information content (AvgIpc) is 2.70. The second-order valence-electron chi connectivity index (χ2n) is 6.89. The predicted octanol–water partition coefficient (Wildman–Crippen LogP) is 6.86. The number of esters is 1. The molecule has 1 aromatic heterocycles. The maximum Gasteiger partial charge on any atom is 0.306 e. The van der Waals surface area contributed by atoms with E-state index >= 15 is 0 Å². The SMILES string of the molecule is CCCSCSCCCCCCCCCCCC(=O)OCc1cccnc1. The molecule has 0 atom stereocenters. The van der Waals surface area contributed by atoms with E-state index in [9.17, 15) is 4.79 Å². The number of unbranched alkanes of at least 4 members (excludes halogenated alkanes) is 8. The van der Waals surface area contributed by atoms with Crippen LogP contribution in [0.25, 0.3) is 0 Å². The van der Waals surface area contributed by atoms with Gasteiger partial charge in [0.1, 0.15) is 6.61 Å². The number of carbonyl (C=O) groups excluding carboxylic acids is 1. The molecule has 3 nitrogen and oxygen atoms in total. The monoisotopic (exact) mass is 411 g/mol. The first-order valence-electron chi connectivity index (χ1n) is 10.5. The molecule has 0 aliphatic carbocycles. The Kier molecular flexibility index (Phi) is 16.8. The van der Waals surface area contributed by atoms with E-state index in [2.05, 4.69) is 35.4 Å². The summed E-state index contributed by atoms with van der Waals surface area (Å²) in [4.78, 5) is 15.7. The number of aromatic nitrogens is 1. The summed E-state index contributed by atoms with van der Waals surface area (Å²) in [5.74, 6) is 2.54. The summed E-state index contributed by atoms with van der Waals surface area (Å²) in [5.41, 5.74) is 0.944. The van der Waals surface area contributed by atoms with Crippen molar-refractivity contribution < 1.29 is 9.53 Å². The van der Waals surface area contributed by atoms with Crippen molar-refractivity contribution in [2.75, 3.05) is 16.6 Å². The first-order chi connectivity index (χ1) is 13.3. The highest BCUT2D eigenvalue weighted by Crippen LogP contribution is 2.16. The van der Waals surface area contributed by atoms with Gasteiger partial charge in [0.15, 0.2) is 0 Å². The molecule has 0 saturated carbocycles. The van der Waals surface area contributed by atoms with E-state index in [1.807, 2.05) is 12.1 Å². The summed E-state index contributed by atoms with van der Waals surface area (Å²) in [6.45, 7) is 2.58. The summed E-state index contributed by atoms with van der Waals surface area (Å²) >= 11 is 4.17. The average molecular weight is 412 g/mol. The van der Waals surface area contributed by atoms with Crippen LogP contribution < -0.4 is 0 Å². The number of hydrogen-bond donors (Lipinski definition) is 0. The lowest BCUT2D eigenvalue weighted by Crippen LogP contribution is -2.04. The molecule has 0 amide bonds. The Labute approximate surface area is 174 Å². The number of nitrogens with zero attached hydrogens (tertiary/aromatic N) is 1. The Bertz CT molecular complexity index is 457. The topological polar surface area (TPSA) is 39.2 Å². The van der Waals surface area contributed by atoms with E-state index in [1.54, 1.807) is 12.4 Å². The highest BCUT2D eigenvalue weighted by Gasteiger charge is 2.03. The molecule has 0 aliphatic rings. The molecule has 5 heteroatoms. The molecule has 0 saturated heterocycles. The number of rotatable bonds is 18. The molecule has 0 N–H and O–H groups in total. The minimum absolute atomic E-state index is 0.0928. The van der Waals surface area contributed by atoms with Crippen LogP contribution in [0, 0.1) is 0 Å². The predicted molar refractivity (Wildman–Crippen MR) is 120 cm³/mol. The van der Waals surface area contributed by atoms with Gasteiger partial charge in [0.25, 0.3) is 0 Å². The zero-order chi connectivity index (χ0) is 19.4. The minimum atomic E-state index is -0.0928. The van der Waals surface area contributed by atoms with E-state index in [0.29, 0.717) is 13.0 Å². The number of thioether (sulfide) groups is 2. The van der Waals surface area contributed by atoms with Crippen LogP contribution in [-0.2, 0) is 16.1 Å². The van der Waals surface area contributed by atoms with Crippen LogP contribution in [0.2, 0.25) is 0 Å². The van der Waals surface area contributed by atoms with Gasteiger partial charge in [-0.3, -0.25) is 9.78 Å². The van der Waals surface area contributed by atoms with Crippen LogP contribution in [-0.4, -0.2) is 27.5 Å². The van der Waals surface area contributed by atoms with Gasteiger partial charge in [0, 0.05) is 29.5 Å². The van der Waals surface area contributed by atoms with Gasteiger partial charge >= 0.3 is 5.97 Å². The molecule has 1 aromatic rings. The molecule has 0 fully saturated rings. The van der Waals surface area contributed by atoms with Gasteiger partial charge in [-0.2, -0.15) is 23.5 Å². The molecule has 0 aromatic carbocycles. The van der Waals surface area contributed by atoms with E-state index in [-0.39, 0.29) is 5.97 Å². The Balaban J connectivity index is 1.77. The summed E-state index contributed by atoms with van der Waals surface area (Å²) in [7, 11) is 0. The van der Waals surface area contributed by atoms with Crippen molar-refractivity contribution in [1.82, 2.24) is 4.98 Å². The van der Waals surface area contributed by atoms with E-state index in [4.69, 9.17) is 4.74 Å². The first kappa shape index (κ1) is 24.4. The molecule has 0 spiro atoms. The minimum Gasteiger partial charge on any atom is -0.461 e. The van der Waals surface area contributed by atoms with Crippen molar-refractivity contribution in [2.24, 2.45) is 0 Å². The maximum atomic E-state index is 11.7. The Morgan fingerprint density at radius 1 is 0.963 bits per heavy atom. The van der Waals surface area contributed by atoms with Crippen LogP contribution in [0.15, 0.2) is 24.5 Å². The fraction of sp³-hybridized carbons (Fsp3) is 0.727. The molecule has 0 unspecified atom stereocenters. The maximum absolute atomic E-state index is 11.7. The van der Waals surface area contributed by atoms with Crippen LogP contribution in [0.1, 0.15) is 83.1 Å². The molecular weight excluding hydrogens is 374 g/mol. The van der Waals surface area contributed by atoms with Gasteiger partial charge < -0.3 is 4.74 Å². The Morgan fingerprint density at radius 3 is 2.30 bits per heavy atom. The summed E-state index contributed by atoms with van der Waals surface area (Å²) in [6, 6.07) is 3.78. The van der Waals surface area contributed by atoms with Crippen LogP contribution in [0.5, 0.6) is 0 Å². The lowest BCUT2D eigenvalue weighted by molar-refractivity contribution is -0.145. The molecule has 0 radical (unpaired) electrons. The quantitative estimate of drug-likeness (QED) is 0.150. The molecule has 27 heavy (non-hydrogen) atoms. The molecule has 1 heterocycles. The van der Waals surface area contributed by atoms with Crippen molar-refractivity contribution in [2.45, 2.75) is 84.2 Å². The van der Waals surface area contributed by atoms with Gasteiger partial charge in [-0.05, 0) is 36.8 Å². The van der Waals surface area contributed by atoms with Crippen LogP contribution in [0.4, 0.5) is 0 Å². The number of carbonyl (C=O) groups is 1. The van der Waals surface area contributed by atoms with Crippen molar-refractivity contribution >= 4 is 29.5 Å². The van der Waals surface area contributed by atoms with Gasteiger partial charge in [0.2, 0.25) is 0 Å². The fourth-order valence-corrected chi connectivity index (χ4v) is 4.86. The van der Waals surface area contributed by atoms with Gasteiger partial charge in [0.05, 0.1) is 0 Å². The zero-order valence-corrected chi connectivity index (χ0v) is 18.6. The van der Waals surface area contributed by atoms with Crippen molar-refractivity contribution in [1.29, 1.82) is 0 Å². The highest BCUT2D eigenvalue weighted by atomic mass is 32.2. The standard InChI is InChI=1S/C22H37NO2S2/c1-2-16-26-20-27-17-11-9-7-5-3-4-6-8-10-14-22(24)25-19-21-13-12-15-23-18-21/h12-13,15,18H,2-11,14,16-17,19-20H2,1H3. The third-order valence-corrected chi connectivity index (χ3v) is 6.91. The summed E-state index contributed by atoms with van der Waals surface area (Å²) in [5, 5.41) is 1.27. The lowest BCUT2D eigenvalue weighted by atomic mass is 10.1. The van der Waals surface area contributed by atoms with Crippen molar-refractivity contribution in [3.8, 4) is 0 Å². The Morgan fingerprint density at radius 2 is 1.63 bits per heavy atom. The number of hydrogen-bond acceptors (Lipinski definition) is 5. The number of pyridine rings is 1. The van der Waals surface area contributed by atoms with Crippen molar-refractivity contribution in [3.63, 3.8) is 0 Å². The van der Waals surface area contributed by atoms with Gasteiger partial charge in [-0.25, -0.2) is 0 Å².